The zero-order chi connectivity index (χ0) is 22.8. The van der Waals surface area contributed by atoms with E-state index in [1.54, 1.807) is 24.6 Å². The number of rotatable bonds is 7. The maximum atomic E-state index is 6.45. The summed E-state index contributed by atoms with van der Waals surface area (Å²) in [7, 11) is -0.188. The Balaban J connectivity index is 2.03. The van der Waals surface area contributed by atoms with Crippen molar-refractivity contribution >= 4 is 31.3 Å². The van der Waals surface area contributed by atoms with Gasteiger partial charge in [-0.1, -0.05) is 27.7 Å². The fraction of sp³-hybridized carbons (Fsp3) is 0.435. The van der Waals surface area contributed by atoms with E-state index in [0.717, 1.165) is 44.6 Å². The topological polar surface area (TPSA) is 57.1 Å². The van der Waals surface area contributed by atoms with Gasteiger partial charge in [-0.3, -0.25) is 0 Å². The second-order valence-electron chi connectivity index (χ2n) is 8.97. The summed E-state index contributed by atoms with van der Waals surface area (Å²) in [6.07, 6.45) is 2.52. The Kier molecular flexibility index (Phi) is 7.20. The minimum absolute atomic E-state index is 0.152. The van der Waals surface area contributed by atoms with E-state index >= 15 is 0 Å². The van der Waals surface area contributed by atoms with Gasteiger partial charge in [0.15, 0.2) is 8.32 Å². The molecule has 3 rings (SSSR count). The predicted molar refractivity (Wildman–Crippen MR) is 132 cm³/mol. The molecule has 0 saturated heterocycles. The molecule has 0 saturated carbocycles. The van der Waals surface area contributed by atoms with Crippen LogP contribution in [0.5, 0.6) is 5.75 Å². The van der Waals surface area contributed by atoms with Crippen LogP contribution in [0.3, 0.4) is 0 Å². The van der Waals surface area contributed by atoms with Crippen LogP contribution in [0.2, 0.25) is 23.4 Å². The fourth-order valence-corrected chi connectivity index (χ4v) is 4.93. The molecular formula is C23H30ClN3O2SSi. The third kappa shape index (κ3) is 5.52. The molecule has 8 heteroatoms. The van der Waals surface area contributed by atoms with E-state index < -0.39 is 8.32 Å². The lowest BCUT2D eigenvalue weighted by Crippen LogP contribution is -2.40. The molecular weight excluding hydrogens is 446 g/mol. The van der Waals surface area contributed by atoms with Crippen LogP contribution in [0.4, 0.5) is 0 Å². The number of hydrogen-bond acceptors (Lipinski definition) is 6. The molecule has 0 atom stereocenters. The zero-order valence-electron chi connectivity index (χ0n) is 19.2. The van der Waals surface area contributed by atoms with Crippen LogP contribution in [0.1, 0.15) is 38.3 Å². The molecule has 0 bridgehead atoms. The van der Waals surface area contributed by atoms with Crippen LogP contribution >= 0.6 is 22.9 Å². The molecule has 166 valence electrons. The lowest BCUT2D eigenvalue weighted by atomic mass is 10.1. The van der Waals surface area contributed by atoms with E-state index in [2.05, 4.69) is 56.8 Å². The molecule has 0 radical (unpaired) electrons. The standard InChI is InChI=1S/C23H30ClN3O2SSi/c1-8-19-27-20(21(30-19)18-9-10-25-22(24)26-18)16-11-15(12-17(13-16)28-5)14-29-31(6,7)23(2,3)4/h9-13H,8,14H2,1-7H3. The second kappa shape index (κ2) is 9.36. The number of methoxy groups -OCH3 is 1. The van der Waals surface area contributed by atoms with Gasteiger partial charge in [0.2, 0.25) is 5.28 Å². The van der Waals surface area contributed by atoms with Gasteiger partial charge in [0, 0.05) is 11.8 Å². The van der Waals surface area contributed by atoms with Crippen LogP contribution in [0.25, 0.3) is 21.8 Å². The predicted octanol–water partition coefficient (Wildman–Crippen LogP) is 7.01. The van der Waals surface area contributed by atoms with Crippen molar-refractivity contribution in [2.24, 2.45) is 0 Å². The summed E-state index contributed by atoms with van der Waals surface area (Å²) in [5, 5.41) is 1.42. The van der Waals surface area contributed by atoms with Gasteiger partial charge in [0.25, 0.3) is 0 Å². The summed E-state index contributed by atoms with van der Waals surface area (Å²) in [6.45, 7) is 13.9. The van der Waals surface area contributed by atoms with E-state index in [1.165, 1.54) is 0 Å². The molecule has 0 aliphatic rings. The zero-order valence-corrected chi connectivity index (χ0v) is 21.8. The number of nitrogens with zero attached hydrogens (tertiary/aromatic N) is 3. The molecule has 0 N–H and O–H groups in total. The van der Waals surface area contributed by atoms with E-state index in [4.69, 9.17) is 25.7 Å². The summed E-state index contributed by atoms with van der Waals surface area (Å²) in [6, 6.07) is 8.04. The first-order valence-corrected chi connectivity index (χ1v) is 14.4. The van der Waals surface area contributed by atoms with Crippen LogP contribution in [0.15, 0.2) is 30.5 Å². The van der Waals surface area contributed by atoms with Crippen molar-refractivity contribution in [3.8, 4) is 27.6 Å². The molecule has 0 fully saturated rings. The van der Waals surface area contributed by atoms with Crippen molar-refractivity contribution in [3.05, 3.63) is 46.3 Å². The molecule has 3 aromatic rings. The third-order valence-corrected chi connectivity index (χ3v) is 11.6. The van der Waals surface area contributed by atoms with Crippen LogP contribution in [-0.2, 0) is 17.5 Å². The maximum absolute atomic E-state index is 6.45. The van der Waals surface area contributed by atoms with Crippen molar-refractivity contribution in [2.75, 3.05) is 7.11 Å². The molecule has 0 aliphatic heterocycles. The lowest BCUT2D eigenvalue weighted by Gasteiger charge is -2.36. The SMILES string of the molecule is CCc1nc(-c2cc(CO[Si](C)(C)C(C)(C)C)cc(OC)c2)c(-c2ccnc(Cl)n2)s1. The first-order valence-electron chi connectivity index (χ1n) is 10.3. The maximum Gasteiger partial charge on any atom is 0.222 e. The molecule has 31 heavy (non-hydrogen) atoms. The number of benzene rings is 1. The Hall–Kier alpha value is -1.80. The third-order valence-electron chi connectivity index (χ3n) is 5.71. The fourth-order valence-electron chi connectivity index (χ4n) is 2.83. The first kappa shape index (κ1) is 23.9. The van der Waals surface area contributed by atoms with Gasteiger partial charge in [-0.05, 0) is 66.0 Å². The highest BCUT2D eigenvalue weighted by atomic mass is 35.5. The van der Waals surface area contributed by atoms with Crippen molar-refractivity contribution in [3.63, 3.8) is 0 Å². The van der Waals surface area contributed by atoms with Gasteiger partial charge < -0.3 is 9.16 Å². The normalized spacial score (nSPS) is 12.3. The van der Waals surface area contributed by atoms with Gasteiger partial charge in [-0.25, -0.2) is 15.0 Å². The number of thiazole rings is 1. The molecule has 2 heterocycles. The van der Waals surface area contributed by atoms with E-state index in [0.29, 0.717) is 6.61 Å². The molecule has 0 unspecified atom stereocenters. The average molecular weight is 476 g/mol. The summed E-state index contributed by atoms with van der Waals surface area (Å²) in [5.74, 6) is 0.782. The number of aromatic nitrogens is 3. The number of halogens is 1. The lowest BCUT2D eigenvalue weighted by molar-refractivity contribution is 0.275. The Labute approximate surface area is 195 Å². The number of aryl methyl sites for hydroxylation is 1. The summed E-state index contributed by atoms with van der Waals surface area (Å²) in [4.78, 5) is 14.3. The average Bonchev–Trinajstić information content (AvgIpc) is 3.16. The first-order chi connectivity index (χ1) is 14.5. The van der Waals surface area contributed by atoms with Crippen LogP contribution < -0.4 is 4.74 Å². The van der Waals surface area contributed by atoms with Crippen LogP contribution in [-0.4, -0.2) is 30.4 Å². The minimum Gasteiger partial charge on any atom is -0.497 e. The number of ether oxygens (including phenoxy) is 1. The number of hydrogen-bond donors (Lipinski definition) is 0. The van der Waals surface area contributed by atoms with Crippen molar-refractivity contribution < 1.29 is 9.16 Å². The Bertz CT molecular complexity index is 1060. The van der Waals surface area contributed by atoms with E-state index in [1.807, 2.05) is 18.2 Å². The van der Waals surface area contributed by atoms with E-state index in [9.17, 15) is 0 Å². The van der Waals surface area contributed by atoms with Crippen molar-refractivity contribution in [1.82, 2.24) is 15.0 Å². The molecule has 0 spiro atoms. The molecule has 2 aromatic heterocycles. The smallest absolute Gasteiger partial charge is 0.222 e. The largest absolute Gasteiger partial charge is 0.497 e. The van der Waals surface area contributed by atoms with Crippen molar-refractivity contribution in [2.45, 2.75) is 58.9 Å². The van der Waals surface area contributed by atoms with Gasteiger partial charge in [-0.2, -0.15) is 0 Å². The summed E-state index contributed by atoms with van der Waals surface area (Å²) in [5.41, 5.74) is 3.70. The Morgan fingerprint density at radius 3 is 2.48 bits per heavy atom. The van der Waals surface area contributed by atoms with Crippen molar-refractivity contribution in [1.29, 1.82) is 0 Å². The van der Waals surface area contributed by atoms with Crippen LogP contribution in [0, 0.1) is 0 Å². The van der Waals surface area contributed by atoms with Gasteiger partial charge in [0.1, 0.15) is 5.75 Å². The summed E-state index contributed by atoms with van der Waals surface area (Å²) >= 11 is 7.69. The monoisotopic (exact) mass is 475 g/mol. The Morgan fingerprint density at radius 2 is 1.87 bits per heavy atom. The van der Waals surface area contributed by atoms with Gasteiger partial charge in [0.05, 0.1) is 35.0 Å². The summed E-state index contributed by atoms with van der Waals surface area (Å²) < 4.78 is 12.1. The quantitative estimate of drug-likeness (QED) is 0.271. The second-order valence-corrected chi connectivity index (χ2v) is 15.2. The molecule has 0 aliphatic carbocycles. The molecule has 5 nitrogen and oxygen atoms in total. The van der Waals surface area contributed by atoms with Gasteiger partial charge in [-0.15, -0.1) is 11.3 Å². The Morgan fingerprint density at radius 1 is 1.13 bits per heavy atom. The highest BCUT2D eigenvalue weighted by molar-refractivity contribution is 7.15. The molecule has 1 aromatic carbocycles. The minimum atomic E-state index is -1.87. The highest BCUT2D eigenvalue weighted by Gasteiger charge is 2.37. The molecule has 0 amide bonds. The highest BCUT2D eigenvalue weighted by Crippen LogP contribution is 2.39. The van der Waals surface area contributed by atoms with Gasteiger partial charge >= 0.3 is 0 Å². The van der Waals surface area contributed by atoms with E-state index in [-0.39, 0.29) is 10.3 Å².